The smallest absolute Gasteiger partial charge is 0.0272 e. The van der Waals surface area contributed by atoms with Crippen molar-refractivity contribution in [2.45, 2.75) is 13.0 Å². The SMILES string of the molecule is C[C@H](N)c1cccc2ccccc12.S. The zero-order chi connectivity index (χ0) is 9.26. The van der Waals surface area contributed by atoms with Crippen LogP contribution < -0.4 is 5.73 Å². The lowest BCUT2D eigenvalue weighted by Gasteiger charge is -2.09. The topological polar surface area (TPSA) is 26.0 Å². The van der Waals surface area contributed by atoms with E-state index in [-0.39, 0.29) is 19.5 Å². The van der Waals surface area contributed by atoms with Gasteiger partial charge in [0.05, 0.1) is 0 Å². The van der Waals surface area contributed by atoms with Gasteiger partial charge in [0.1, 0.15) is 0 Å². The Balaban J connectivity index is 0.000000980. The molecule has 0 saturated heterocycles. The molecule has 0 spiro atoms. The average molecular weight is 205 g/mol. The van der Waals surface area contributed by atoms with Gasteiger partial charge in [-0.2, -0.15) is 13.5 Å². The summed E-state index contributed by atoms with van der Waals surface area (Å²) in [5.41, 5.74) is 7.10. The van der Waals surface area contributed by atoms with Crippen molar-refractivity contribution >= 4 is 24.3 Å². The van der Waals surface area contributed by atoms with E-state index >= 15 is 0 Å². The van der Waals surface area contributed by atoms with E-state index < -0.39 is 0 Å². The van der Waals surface area contributed by atoms with Gasteiger partial charge in [0.2, 0.25) is 0 Å². The second-order valence-electron chi connectivity index (χ2n) is 3.36. The highest BCUT2D eigenvalue weighted by Crippen LogP contribution is 2.22. The highest BCUT2D eigenvalue weighted by molar-refractivity contribution is 7.59. The molecular formula is C12H15NS. The molecule has 1 atom stereocenters. The second kappa shape index (κ2) is 4.49. The van der Waals surface area contributed by atoms with Crippen molar-refractivity contribution in [2.24, 2.45) is 5.73 Å². The number of hydrogen-bond donors (Lipinski definition) is 1. The fourth-order valence-corrected chi connectivity index (χ4v) is 1.65. The summed E-state index contributed by atoms with van der Waals surface area (Å²) in [6, 6.07) is 14.7. The number of nitrogens with two attached hydrogens (primary N) is 1. The van der Waals surface area contributed by atoms with Gasteiger partial charge in [-0.1, -0.05) is 42.5 Å². The minimum absolute atomic E-state index is 0. The summed E-state index contributed by atoms with van der Waals surface area (Å²) in [5.74, 6) is 0. The van der Waals surface area contributed by atoms with E-state index in [1.807, 2.05) is 19.1 Å². The molecule has 0 radical (unpaired) electrons. The van der Waals surface area contributed by atoms with Gasteiger partial charge in [0.25, 0.3) is 0 Å². The normalized spacial score (nSPS) is 12.1. The van der Waals surface area contributed by atoms with Crippen LogP contribution in [0.4, 0.5) is 0 Å². The van der Waals surface area contributed by atoms with E-state index in [0.717, 1.165) is 0 Å². The average Bonchev–Trinajstić information content (AvgIpc) is 2.17. The van der Waals surface area contributed by atoms with Crippen molar-refractivity contribution in [3.63, 3.8) is 0 Å². The molecule has 2 N–H and O–H groups in total. The Labute approximate surface area is 91.4 Å². The summed E-state index contributed by atoms with van der Waals surface area (Å²) >= 11 is 0. The molecule has 2 heteroatoms. The zero-order valence-corrected chi connectivity index (χ0v) is 9.20. The first kappa shape index (κ1) is 11.1. The van der Waals surface area contributed by atoms with Crippen LogP contribution in [0.1, 0.15) is 18.5 Å². The molecule has 74 valence electrons. The molecule has 0 aliphatic heterocycles. The third-order valence-corrected chi connectivity index (χ3v) is 2.31. The number of benzene rings is 2. The minimum Gasteiger partial charge on any atom is -0.324 e. The summed E-state index contributed by atoms with van der Waals surface area (Å²) in [5, 5.41) is 2.53. The first-order valence-electron chi connectivity index (χ1n) is 4.52. The van der Waals surface area contributed by atoms with E-state index in [2.05, 4.69) is 30.3 Å². The van der Waals surface area contributed by atoms with Crippen LogP contribution in [0.2, 0.25) is 0 Å². The molecule has 0 aliphatic rings. The van der Waals surface area contributed by atoms with Crippen LogP contribution in [0.5, 0.6) is 0 Å². The molecule has 2 aromatic carbocycles. The first-order valence-corrected chi connectivity index (χ1v) is 4.52. The van der Waals surface area contributed by atoms with Gasteiger partial charge < -0.3 is 5.73 Å². The van der Waals surface area contributed by atoms with Gasteiger partial charge in [0.15, 0.2) is 0 Å². The molecule has 0 heterocycles. The minimum atomic E-state index is 0. The van der Waals surface area contributed by atoms with Crippen molar-refractivity contribution in [1.29, 1.82) is 0 Å². The maximum absolute atomic E-state index is 5.88. The van der Waals surface area contributed by atoms with E-state index in [0.29, 0.717) is 0 Å². The van der Waals surface area contributed by atoms with Crippen molar-refractivity contribution in [1.82, 2.24) is 0 Å². The Morgan fingerprint density at radius 2 is 1.64 bits per heavy atom. The fraction of sp³-hybridized carbons (Fsp3) is 0.167. The van der Waals surface area contributed by atoms with Gasteiger partial charge >= 0.3 is 0 Å². The third-order valence-electron chi connectivity index (χ3n) is 2.31. The van der Waals surface area contributed by atoms with Gasteiger partial charge in [-0.05, 0) is 23.3 Å². The quantitative estimate of drug-likeness (QED) is 0.761. The monoisotopic (exact) mass is 205 g/mol. The first-order chi connectivity index (χ1) is 6.29. The van der Waals surface area contributed by atoms with E-state index in [9.17, 15) is 0 Å². The van der Waals surface area contributed by atoms with Crippen LogP contribution >= 0.6 is 13.5 Å². The molecule has 2 aromatic rings. The molecule has 14 heavy (non-hydrogen) atoms. The van der Waals surface area contributed by atoms with Crippen LogP contribution in [0, 0.1) is 0 Å². The predicted molar refractivity (Wildman–Crippen MR) is 66.9 cm³/mol. The van der Waals surface area contributed by atoms with Gasteiger partial charge in [-0.3, -0.25) is 0 Å². The highest BCUT2D eigenvalue weighted by atomic mass is 32.1. The van der Waals surface area contributed by atoms with Crippen LogP contribution in [-0.2, 0) is 0 Å². The van der Waals surface area contributed by atoms with Crippen LogP contribution in [-0.4, -0.2) is 0 Å². The Morgan fingerprint density at radius 1 is 1.00 bits per heavy atom. The summed E-state index contributed by atoms with van der Waals surface area (Å²) in [7, 11) is 0. The molecule has 0 bridgehead atoms. The summed E-state index contributed by atoms with van der Waals surface area (Å²) in [6.07, 6.45) is 0. The van der Waals surface area contributed by atoms with Crippen LogP contribution in [0.25, 0.3) is 10.8 Å². The Morgan fingerprint density at radius 3 is 2.36 bits per heavy atom. The molecule has 2 rings (SSSR count). The molecule has 0 unspecified atom stereocenters. The molecule has 0 aliphatic carbocycles. The summed E-state index contributed by atoms with van der Waals surface area (Å²) in [4.78, 5) is 0. The lowest BCUT2D eigenvalue weighted by atomic mass is 10.0. The van der Waals surface area contributed by atoms with E-state index in [1.54, 1.807) is 0 Å². The maximum Gasteiger partial charge on any atom is 0.0272 e. The molecule has 0 fully saturated rings. The Hall–Kier alpha value is -0.990. The summed E-state index contributed by atoms with van der Waals surface area (Å²) < 4.78 is 0. The van der Waals surface area contributed by atoms with Gasteiger partial charge in [-0.25, -0.2) is 0 Å². The number of fused-ring (bicyclic) bond motifs is 1. The molecule has 0 saturated carbocycles. The maximum atomic E-state index is 5.88. The Bertz CT molecular complexity index is 418. The molecular weight excluding hydrogens is 190 g/mol. The largest absolute Gasteiger partial charge is 0.324 e. The standard InChI is InChI=1S/C12H13N.H2S/c1-9(13)11-8-4-6-10-5-2-3-7-12(10)11;/h2-9H,13H2,1H3;1H2/t9-;/m0./s1. The van der Waals surface area contributed by atoms with Crippen LogP contribution in [0.3, 0.4) is 0 Å². The van der Waals surface area contributed by atoms with Crippen molar-refractivity contribution in [2.75, 3.05) is 0 Å². The van der Waals surface area contributed by atoms with Crippen molar-refractivity contribution in [3.05, 3.63) is 48.0 Å². The molecule has 0 amide bonds. The van der Waals surface area contributed by atoms with E-state index in [4.69, 9.17) is 5.73 Å². The van der Waals surface area contributed by atoms with Crippen molar-refractivity contribution < 1.29 is 0 Å². The number of hydrogen-bond acceptors (Lipinski definition) is 1. The zero-order valence-electron chi connectivity index (χ0n) is 8.20. The lowest BCUT2D eigenvalue weighted by Crippen LogP contribution is -2.05. The summed E-state index contributed by atoms with van der Waals surface area (Å²) in [6.45, 7) is 2.02. The predicted octanol–water partition coefficient (Wildman–Crippen LogP) is 2.97. The Kier molecular flexibility index (Phi) is 3.55. The highest BCUT2D eigenvalue weighted by Gasteiger charge is 2.02. The van der Waals surface area contributed by atoms with E-state index in [1.165, 1.54) is 16.3 Å². The molecule has 1 nitrogen and oxygen atoms in total. The van der Waals surface area contributed by atoms with Crippen molar-refractivity contribution in [3.8, 4) is 0 Å². The molecule has 0 aromatic heterocycles. The van der Waals surface area contributed by atoms with Gasteiger partial charge in [-0.15, -0.1) is 0 Å². The second-order valence-corrected chi connectivity index (χ2v) is 3.36. The fourth-order valence-electron chi connectivity index (χ4n) is 1.65. The third kappa shape index (κ3) is 1.91. The number of rotatable bonds is 1. The lowest BCUT2D eigenvalue weighted by molar-refractivity contribution is 0.827. The van der Waals surface area contributed by atoms with Gasteiger partial charge in [0, 0.05) is 6.04 Å². The van der Waals surface area contributed by atoms with Crippen LogP contribution in [0.15, 0.2) is 42.5 Å².